The van der Waals surface area contributed by atoms with E-state index in [0.29, 0.717) is 57.3 Å². The molecule has 1 aliphatic heterocycles. The van der Waals surface area contributed by atoms with Crippen LogP contribution >= 0.6 is 0 Å². The Bertz CT molecular complexity index is 922. The molecule has 3 rings (SSSR count). The summed E-state index contributed by atoms with van der Waals surface area (Å²) >= 11 is 0. The highest BCUT2D eigenvalue weighted by Gasteiger charge is 2.28. The molecule has 0 bridgehead atoms. The fourth-order valence-corrected chi connectivity index (χ4v) is 4.71. The lowest BCUT2D eigenvalue weighted by Crippen LogP contribution is -2.53. The van der Waals surface area contributed by atoms with Crippen molar-refractivity contribution in [3.05, 3.63) is 47.6 Å². The lowest BCUT2D eigenvalue weighted by Gasteiger charge is -2.34. The standard InChI is InChI=1S/C20H29N5O4S/c1-16(2)19-22-18(29-23-19)9-6-10-21-20(26)24-11-13-25(14-12-24)30(27,28)15-17-7-4-3-5-8-17/h3-5,7-8,16H,6,9-15H2,1-2H3,(H,21,26). The van der Waals surface area contributed by atoms with Gasteiger partial charge in [-0.3, -0.25) is 0 Å². The van der Waals surface area contributed by atoms with Gasteiger partial charge in [-0.2, -0.15) is 9.29 Å². The van der Waals surface area contributed by atoms with Crippen molar-refractivity contribution in [2.45, 2.75) is 38.4 Å². The molecule has 0 saturated carbocycles. The number of aromatic nitrogens is 2. The third kappa shape index (κ3) is 6.02. The molecule has 0 spiro atoms. The summed E-state index contributed by atoms with van der Waals surface area (Å²) in [6.45, 7) is 5.86. The van der Waals surface area contributed by atoms with Crippen LogP contribution in [-0.4, -0.2) is 66.5 Å². The summed E-state index contributed by atoms with van der Waals surface area (Å²) in [6, 6.07) is 8.95. The van der Waals surface area contributed by atoms with Gasteiger partial charge in [0.25, 0.3) is 0 Å². The van der Waals surface area contributed by atoms with E-state index in [-0.39, 0.29) is 17.7 Å². The smallest absolute Gasteiger partial charge is 0.317 e. The molecule has 0 radical (unpaired) electrons. The van der Waals surface area contributed by atoms with Gasteiger partial charge >= 0.3 is 6.03 Å². The largest absolute Gasteiger partial charge is 0.339 e. The number of sulfonamides is 1. The zero-order valence-electron chi connectivity index (χ0n) is 17.5. The third-order valence-electron chi connectivity index (χ3n) is 4.95. The summed E-state index contributed by atoms with van der Waals surface area (Å²) in [5.74, 6) is 1.46. The lowest BCUT2D eigenvalue weighted by atomic mass is 10.2. The second-order valence-electron chi connectivity index (χ2n) is 7.66. The van der Waals surface area contributed by atoms with Crippen molar-refractivity contribution in [2.75, 3.05) is 32.7 Å². The molecule has 2 amide bonds. The Morgan fingerprint density at radius 1 is 1.17 bits per heavy atom. The molecular weight excluding hydrogens is 406 g/mol. The van der Waals surface area contributed by atoms with Crippen LogP contribution in [0.15, 0.2) is 34.9 Å². The number of aryl methyl sites for hydroxylation is 1. The SMILES string of the molecule is CC(C)c1noc(CCCNC(=O)N2CCN(S(=O)(=O)Cc3ccccc3)CC2)n1. The second kappa shape index (κ2) is 10.0. The van der Waals surface area contributed by atoms with Crippen molar-refractivity contribution in [3.8, 4) is 0 Å². The molecule has 1 aromatic carbocycles. The first-order valence-electron chi connectivity index (χ1n) is 10.2. The Morgan fingerprint density at radius 2 is 1.87 bits per heavy atom. The number of carbonyl (C=O) groups excluding carboxylic acids is 1. The highest BCUT2D eigenvalue weighted by molar-refractivity contribution is 7.88. The number of nitrogens with zero attached hydrogens (tertiary/aromatic N) is 4. The van der Waals surface area contributed by atoms with E-state index >= 15 is 0 Å². The zero-order chi connectivity index (χ0) is 21.6. The highest BCUT2D eigenvalue weighted by Crippen LogP contribution is 2.14. The predicted molar refractivity (Wildman–Crippen MR) is 112 cm³/mol. The Morgan fingerprint density at radius 3 is 2.50 bits per heavy atom. The molecule has 9 nitrogen and oxygen atoms in total. The number of rotatable bonds is 8. The van der Waals surface area contributed by atoms with Gasteiger partial charge < -0.3 is 14.7 Å². The van der Waals surface area contributed by atoms with Crippen molar-refractivity contribution in [2.24, 2.45) is 0 Å². The van der Waals surface area contributed by atoms with Crippen LogP contribution in [0.3, 0.4) is 0 Å². The maximum Gasteiger partial charge on any atom is 0.317 e. The van der Waals surface area contributed by atoms with Crippen molar-refractivity contribution in [1.29, 1.82) is 0 Å². The maximum absolute atomic E-state index is 12.6. The quantitative estimate of drug-likeness (QED) is 0.635. The van der Waals surface area contributed by atoms with Gasteiger partial charge in [-0.1, -0.05) is 49.3 Å². The number of piperazine rings is 1. The lowest BCUT2D eigenvalue weighted by molar-refractivity contribution is 0.172. The Balaban J connectivity index is 1.38. The van der Waals surface area contributed by atoms with Crippen LogP contribution in [-0.2, 0) is 22.2 Å². The average Bonchev–Trinajstić information content (AvgIpc) is 3.21. The molecule has 1 aromatic heterocycles. The molecule has 0 atom stereocenters. The summed E-state index contributed by atoms with van der Waals surface area (Å²) in [6.07, 6.45) is 1.29. The van der Waals surface area contributed by atoms with E-state index in [1.165, 1.54) is 4.31 Å². The molecule has 1 aliphatic rings. The summed E-state index contributed by atoms with van der Waals surface area (Å²) in [5.41, 5.74) is 0.763. The van der Waals surface area contributed by atoms with Gasteiger partial charge in [0, 0.05) is 45.1 Å². The number of nitrogens with one attached hydrogen (secondary N) is 1. The summed E-state index contributed by atoms with van der Waals surface area (Å²) in [4.78, 5) is 18.3. The van der Waals surface area contributed by atoms with E-state index < -0.39 is 10.0 Å². The predicted octanol–water partition coefficient (Wildman–Crippen LogP) is 1.98. The van der Waals surface area contributed by atoms with E-state index in [0.717, 1.165) is 5.56 Å². The van der Waals surface area contributed by atoms with Crippen LogP contribution in [0.5, 0.6) is 0 Å². The first-order chi connectivity index (χ1) is 14.3. The van der Waals surface area contributed by atoms with E-state index in [1.807, 2.05) is 32.0 Å². The number of hydrogen-bond donors (Lipinski definition) is 1. The Kier molecular flexibility index (Phi) is 7.43. The molecule has 30 heavy (non-hydrogen) atoms. The van der Waals surface area contributed by atoms with Crippen LogP contribution in [0, 0.1) is 0 Å². The van der Waals surface area contributed by atoms with Gasteiger partial charge in [-0.05, 0) is 12.0 Å². The van der Waals surface area contributed by atoms with Gasteiger partial charge in [0.05, 0.1) is 5.75 Å². The van der Waals surface area contributed by atoms with Gasteiger partial charge in [0.15, 0.2) is 5.82 Å². The fourth-order valence-electron chi connectivity index (χ4n) is 3.20. The maximum atomic E-state index is 12.6. The Hall–Kier alpha value is -2.46. The van der Waals surface area contributed by atoms with Crippen LogP contribution in [0.4, 0.5) is 4.79 Å². The minimum absolute atomic E-state index is 0.0196. The number of urea groups is 1. The number of benzene rings is 1. The summed E-state index contributed by atoms with van der Waals surface area (Å²) < 4.78 is 31.9. The van der Waals surface area contributed by atoms with Crippen LogP contribution in [0.25, 0.3) is 0 Å². The molecule has 164 valence electrons. The average molecular weight is 436 g/mol. The topological polar surface area (TPSA) is 109 Å². The Labute approximate surface area is 177 Å². The number of carbonyl (C=O) groups is 1. The molecule has 1 N–H and O–H groups in total. The molecule has 2 heterocycles. The third-order valence-corrected chi connectivity index (χ3v) is 6.81. The van der Waals surface area contributed by atoms with E-state index in [2.05, 4.69) is 15.5 Å². The van der Waals surface area contributed by atoms with E-state index in [1.54, 1.807) is 17.0 Å². The van der Waals surface area contributed by atoms with E-state index in [9.17, 15) is 13.2 Å². The van der Waals surface area contributed by atoms with Crippen LogP contribution in [0.1, 0.15) is 43.5 Å². The summed E-state index contributed by atoms with van der Waals surface area (Å²) in [7, 11) is -3.39. The van der Waals surface area contributed by atoms with Crippen molar-refractivity contribution in [1.82, 2.24) is 24.7 Å². The molecule has 0 aliphatic carbocycles. The molecule has 2 aromatic rings. The molecule has 0 unspecified atom stereocenters. The van der Waals surface area contributed by atoms with Gasteiger partial charge in [0.1, 0.15) is 0 Å². The van der Waals surface area contributed by atoms with Gasteiger partial charge in [-0.25, -0.2) is 13.2 Å². The normalized spacial score (nSPS) is 15.5. The minimum atomic E-state index is -3.39. The second-order valence-corrected chi connectivity index (χ2v) is 9.63. The van der Waals surface area contributed by atoms with E-state index in [4.69, 9.17) is 4.52 Å². The molecular formula is C20H29N5O4S. The van der Waals surface area contributed by atoms with Crippen LogP contribution < -0.4 is 5.32 Å². The van der Waals surface area contributed by atoms with Crippen molar-refractivity contribution < 1.29 is 17.7 Å². The summed E-state index contributed by atoms with van der Waals surface area (Å²) in [5, 5.41) is 6.80. The zero-order valence-corrected chi connectivity index (χ0v) is 18.3. The van der Waals surface area contributed by atoms with Crippen LogP contribution in [0.2, 0.25) is 0 Å². The van der Waals surface area contributed by atoms with Gasteiger partial charge in [-0.15, -0.1) is 0 Å². The van der Waals surface area contributed by atoms with Crippen molar-refractivity contribution in [3.63, 3.8) is 0 Å². The van der Waals surface area contributed by atoms with Crippen molar-refractivity contribution >= 4 is 16.1 Å². The molecule has 10 heteroatoms. The minimum Gasteiger partial charge on any atom is -0.339 e. The molecule has 1 saturated heterocycles. The fraction of sp³-hybridized carbons (Fsp3) is 0.550. The number of amides is 2. The van der Waals surface area contributed by atoms with Gasteiger partial charge in [0.2, 0.25) is 15.9 Å². The molecule has 1 fully saturated rings. The first kappa shape index (κ1) is 22.2. The number of hydrogen-bond acceptors (Lipinski definition) is 6. The highest BCUT2D eigenvalue weighted by atomic mass is 32.2. The monoisotopic (exact) mass is 435 g/mol. The first-order valence-corrected chi connectivity index (χ1v) is 11.8.